The monoisotopic (exact) mass is 274 g/mol. The summed E-state index contributed by atoms with van der Waals surface area (Å²) in [5.74, 6) is 0. The van der Waals surface area contributed by atoms with E-state index >= 15 is 0 Å². The predicted molar refractivity (Wildman–Crippen MR) is 54.6 cm³/mol. The summed E-state index contributed by atoms with van der Waals surface area (Å²) in [7, 11) is 1.78. The van der Waals surface area contributed by atoms with Crippen molar-refractivity contribution in [2.24, 2.45) is 12.8 Å². The Hall–Kier alpha value is -0.860. The normalized spacial score (nSPS) is 13.1. The molecule has 2 N–H and O–H groups in total. The van der Waals surface area contributed by atoms with E-state index in [9.17, 15) is 0 Å². The number of hydrogen-bond acceptors (Lipinski definition) is 6. The Balaban J connectivity index is 2.41. The summed E-state index contributed by atoms with van der Waals surface area (Å²) in [6.07, 6.45) is 1.65. The summed E-state index contributed by atoms with van der Waals surface area (Å²) < 4.78 is 10.2. The summed E-state index contributed by atoms with van der Waals surface area (Å²) in [6.45, 7) is 0. The third-order valence-electron chi connectivity index (χ3n) is 1.82. The number of nitrogens with two attached hydrogens (primary N) is 1. The summed E-state index contributed by atoms with van der Waals surface area (Å²) in [6, 6.07) is -0.344. The number of hydrogen-bond donors (Lipinski definition) is 1. The number of rotatable bonds is 2. The zero-order chi connectivity index (χ0) is 10.1. The first-order valence-electron chi connectivity index (χ1n) is 3.78. The molecular weight excluding hydrogens is 268 g/mol. The maximum atomic E-state index is 5.98. The zero-order valence-corrected chi connectivity index (χ0v) is 9.66. The summed E-state index contributed by atoms with van der Waals surface area (Å²) in [4.78, 5) is 0. The summed E-state index contributed by atoms with van der Waals surface area (Å²) in [5, 5.41) is 7.69. The molecule has 0 fully saturated rings. The van der Waals surface area contributed by atoms with E-state index < -0.39 is 0 Å². The van der Waals surface area contributed by atoms with Crippen LogP contribution in [-0.4, -0.2) is 23.7 Å². The molecule has 0 radical (unpaired) electrons. The Morgan fingerprint density at radius 2 is 2.43 bits per heavy atom. The molecule has 0 saturated heterocycles. The van der Waals surface area contributed by atoms with E-state index in [1.54, 1.807) is 17.9 Å². The van der Waals surface area contributed by atoms with Crippen LogP contribution in [-0.2, 0) is 7.05 Å². The third-order valence-corrected chi connectivity index (χ3v) is 2.88. The second kappa shape index (κ2) is 3.71. The fraction of sp³-hybridized carbons (Fsp3) is 0.333. The van der Waals surface area contributed by atoms with Crippen molar-refractivity contribution in [2.45, 2.75) is 6.04 Å². The van der Waals surface area contributed by atoms with Gasteiger partial charge in [0.15, 0.2) is 4.60 Å². The molecule has 2 rings (SSSR count). The minimum atomic E-state index is -0.344. The molecular formula is C6H7BrN6S. The van der Waals surface area contributed by atoms with Crippen molar-refractivity contribution in [1.82, 2.24) is 23.7 Å². The van der Waals surface area contributed by atoms with E-state index in [1.165, 1.54) is 0 Å². The van der Waals surface area contributed by atoms with Gasteiger partial charge in [-0.05, 0) is 15.9 Å². The maximum Gasteiger partial charge on any atom is 0.153 e. The van der Waals surface area contributed by atoms with Gasteiger partial charge in [-0.25, -0.2) is 4.68 Å². The van der Waals surface area contributed by atoms with E-state index in [1.807, 2.05) is 0 Å². The second-order valence-corrected chi connectivity index (χ2v) is 4.01. The largest absolute Gasteiger partial charge is 0.318 e. The van der Waals surface area contributed by atoms with Crippen molar-refractivity contribution in [1.29, 1.82) is 0 Å². The van der Waals surface area contributed by atoms with Crippen LogP contribution in [0.5, 0.6) is 0 Å². The van der Waals surface area contributed by atoms with Crippen molar-refractivity contribution >= 4 is 27.7 Å². The van der Waals surface area contributed by atoms with Gasteiger partial charge in [0.05, 0.1) is 35.4 Å². The molecule has 6 nitrogen and oxygen atoms in total. The van der Waals surface area contributed by atoms with E-state index in [4.69, 9.17) is 5.73 Å². The van der Waals surface area contributed by atoms with Gasteiger partial charge >= 0.3 is 0 Å². The first-order valence-corrected chi connectivity index (χ1v) is 5.30. The Bertz CT molecular complexity index is 404. The van der Waals surface area contributed by atoms with Crippen LogP contribution in [0.3, 0.4) is 0 Å². The van der Waals surface area contributed by atoms with Gasteiger partial charge in [-0.3, -0.25) is 0 Å². The molecule has 0 aliphatic carbocycles. The number of aryl methyl sites for hydroxylation is 1. The van der Waals surface area contributed by atoms with Crippen LogP contribution in [0.4, 0.5) is 0 Å². The molecule has 0 saturated carbocycles. The molecule has 0 aliphatic heterocycles. The molecule has 14 heavy (non-hydrogen) atoms. The Morgan fingerprint density at radius 1 is 1.64 bits per heavy atom. The lowest BCUT2D eigenvalue weighted by Gasteiger charge is -2.07. The highest BCUT2D eigenvalue weighted by Gasteiger charge is 2.19. The first-order chi connectivity index (χ1) is 6.70. The lowest BCUT2D eigenvalue weighted by atomic mass is 10.2. The minimum absolute atomic E-state index is 0.344. The van der Waals surface area contributed by atoms with E-state index in [0.29, 0.717) is 4.60 Å². The van der Waals surface area contributed by atoms with Crippen molar-refractivity contribution < 1.29 is 0 Å². The van der Waals surface area contributed by atoms with Crippen LogP contribution >= 0.6 is 27.7 Å². The van der Waals surface area contributed by atoms with E-state index in [-0.39, 0.29) is 6.04 Å². The second-order valence-electron chi connectivity index (χ2n) is 2.70. The standard InChI is InChI=1S/C6H7BrN6S/c1-13-5(6(7)10-12-13)4(8)3-2-9-14-11-3/h2,4H,8H2,1H3. The van der Waals surface area contributed by atoms with Crippen molar-refractivity contribution in [2.75, 3.05) is 0 Å². The molecule has 1 unspecified atom stereocenters. The Kier molecular flexibility index (Phi) is 2.57. The van der Waals surface area contributed by atoms with Gasteiger partial charge in [0.1, 0.15) is 0 Å². The van der Waals surface area contributed by atoms with Crippen LogP contribution in [0.2, 0.25) is 0 Å². The quantitative estimate of drug-likeness (QED) is 0.861. The molecule has 0 amide bonds. The van der Waals surface area contributed by atoms with Gasteiger partial charge < -0.3 is 5.73 Å². The molecule has 8 heteroatoms. The van der Waals surface area contributed by atoms with Crippen molar-refractivity contribution in [3.05, 3.63) is 22.2 Å². The van der Waals surface area contributed by atoms with Gasteiger partial charge in [0.25, 0.3) is 0 Å². The molecule has 1 atom stereocenters. The predicted octanol–water partition coefficient (Wildman–Crippen LogP) is 0.477. The third kappa shape index (κ3) is 1.56. The average molecular weight is 275 g/mol. The Morgan fingerprint density at radius 3 is 2.93 bits per heavy atom. The van der Waals surface area contributed by atoms with Crippen LogP contribution in [0, 0.1) is 0 Å². The summed E-state index contributed by atoms with van der Waals surface area (Å²) in [5.41, 5.74) is 7.49. The first kappa shape index (κ1) is 9.69. The molecule has 0 aliphatic rings. The van der Waals surface area contributed by atoms with Crippen LogP contribution in [0.1, 0.15) is 17.4 Å². The fourth-order valence-corrected chi connectivity index (χ4v) is 2.15. The molecule has 2 aromatic heterocycles. The smallest absolute Gasteiger partial charge is 0.153 e. The topological polar surface area (TPSA) is 82.5 Å². The zero-order valence-electron chi connectivity index (χ0n) is 7.25. The molecule has 2 heterocycles. The average Bonchev–Trinajstić information content (AvgIpc) is 2.75. The highest BCUT2D eigenvalue weighted by molar-refractivity contribution is 9.10. The molecule has 0 bridgehead atoms. The SMILES string of the molecule is Cn1nnc(Br)c1C(N)c1cnsn1. The number of nitrogens with zero attached hydrogens (tertiary/aromatic N) is 5. The minimum Gasteiger partial charge on any atom is -0.318 e. The van der Waals surface area contributed by atoms with Gasteiger partial charge in [-0.1, -0.05) is 5.21 Å². The fourth-order valence-electron chi connectivity index (χ4n) is 1.12. The van der Waals surface area contributed by atoms with Gasteiger partial charge in [-0.2, -0.15) is 8.75 Å². The molecule has 0 aromatic carbocycles. The van der Waals surface area contributed by atoms with Crippen molar-refractivity contribution in [3.63, 3.8) is 0 Å². The van der Waals surface area contributed by atoms with Gasteiger partial charge in [0.2, 0.25) is 0 Å². The number of halogens is 1. The molecule has 2 aromatic rings. The van der Waals surface area contributed by atoms with E-state index in [0.717, 1.165) is 23.1 Å². The van der Waals surface area contributed by atoms with Crippen LogP contribution < -0.4 is 5.73 Å². The molecule has 74 valence electrons. The summed E-state index contributed by atoms with van der Waals surface area (Å²) >= 11 is 4.42. The lowest BCUT2D eigenvalue weighted by Crippen LogP contribution is -2.16. The molecule has 0 spiro atoms. The highest BCUT2D eigenvalue weighted by atomic mass is 79.9. The van der Waals surface area contributed by atoms with E-state index in [2.05, 4.69) is 35.0 Å². The van der Waals surface area contributed by atoms with Gasteiger partial charge in [0, 0.05) is 7.05 Å². The number of aromatic nitrogens is 5. The maximum absolute atomic E-state index is 5.98. The Labute approximate surface area is 92.6 Å². The van der Waals surface area contributed by atoms with Crippen molar-refractivity contribution in [3.8, 4) is 0 Å². The highest BCUT2D eigenvalue weighted by Crippen LogP contribution is 2.23. The van der Waals surface area contributed by atoms with Crippen LogP contribution in [0.25, 0.3) is 0 Å². The lowest BCUT2D eigenvalue weighted by molar-refractivity contribution is 0.646. The van der Waals surface area contributed by atoms with Gasteiger partial charge in [-0.15, -0.1) is 5.10 Å². The van der Waals surface area contributed by atoms with Crippen LogP contribution in [0.15, 0.2) is 10.8 Å².